The summed E-state index contributed by atoms with van der Waals surface area (Å²) in [5, 5.41) is 8.68. The summed E-state index contributed by atoms with van der Waals surface area (Å²) in [6, 6.07) is -0.0465. The molecule has 5 nitrogen and oxygen atoms in total. The fourth-order valence-electron chi connectivity index (χ4n) is 1.43. The van der Waals surface area contributed by atoms with Crippen molar-refractivity contribution in [2.45, 2.75) is 19.1 Å². The van der Waals surface area contributed by atoms with Crippen LogP contribution in [0, 0.1) is 0 Å². The first-order valence-corrected chi connectivity index (χ1v) is 4.55. The second kappa shape index (κ2) is 6.86. The van der Waals surface area contributed by atoms with E-state index in [9.17, 15) is 4.79 Å². The van der Waals surface area contributed by atoms with Gasteiger partial charge in [-0.25, -0.2) is 4.79 Å². The smallest absolute Gasteiger partial charge is 0.315 e. The maximum absolute atomic E-state index is 11.2. The molecule has 0 bridgehead atoms. The molecule has 0 radical (unpaired) electrons. The maximum atomic E-state index is 11.2. The number of amides is 2. The molecule has 1 fully saturated rings. The van der Waals surface area contributed by atoms with Gasteiger partial charge in [0.15, 0.2) is 0 Å². The summed E-state index contributed by atoms with van der Waals surface area (Å²) in [5.74, 6) is 0. The monoisotopic (exact) mass is 223 g/mol. The Balaban J connectivity index is 0.00000169. The summed E-state index contributed by atoms with van der Waals surface area (Å²) in [7, 11) is 1.66. The van der Waals surface area contributed by atoms with E-state index in [1.54, 1.807) is 7.11 Å². The summed E-state index contributed by atoms with van der Waals surface area (Å²) in [6.45, 7) is 4.10. The number of hydrogen-bond donors (Lipinski definition) is 3. The van der Waals surface area contributed by atoms with Crippen LogP contribution in [-0.4, -0.2) is 44.9 Å². The van der Waals surface area contributed by atoms with Crippen LogP contribution in [0.4, 0.5) is 4.79 Å². The van der Waals surface area contributed by atoms with E-state index in [4.69, 9.17) is 4.74 Å². The minimum atomic E-state index is -0.127. The molecule has 0 spiro atoms. The summed E-state index contributed by atoms with van der Waals surface area (Å²) >= 11 is 0. The molecule has 2 atom stereocenters. The predicted octanol–water partition coefficient (Wildman–Crippen LogP) is -0.286. The van der Waals surface area contributed by atoms with Gasteiger partial charge in [-0.2, -0.15) is 0 Å². The van der Waals surface area contributed by atoms with Gasteiger partial charge in [0.1, 0.15) is 0 Å². The Hall–Kier alpha value is -0.520. The lowest BCUT2D eigenvalue weighted by Crippen LogP contribution is -2.47. The average Bonchev–Trinajstić information content (AvgIpc) is 2.52. The van der Waals surface area contributed by atoms with Gasteiger partial charge in [-0.3, -0.25) is 0 Å². The molecule has 3 N–H and O–H groups in total. The molecule has 1 rings (SSSR count). The minimum Gasteiger partial charge on any atom is -0.378 e. The van der Waals surface area contributed by atoms with E-state index < -0.39 is 0 Å². The number of carbonyl (C=O) groups excluding carboxylic acids is 1. The van der Waals surface area contributed by atoms with Crippen molar-refractivity contribution >= 4 is 18.4 Å². The van der Waals surface area contributed by atoms with E-state index in [0.29, 0.717) is 6.54 Å². The van der Waals surface area contributed by atoms with Gasteiger partial charge in [0.05, 0.1) is 12.1 Å². The van der Waals surface area contributed by atoms with Crippen LogP contribution in [-0.2, 0) is 4.74 Å². The molecular weight excluding hydrogens is 206 g/mol. The van der Waals surface area contributed by atoms with Crippen molar-refractivity contribution in [3.05, 3.63) is 0 Å². The van der Waals surface area contributed by atoms with Gasteiger partial charge in [-0.1, -0.05) is 0 Å². The normalized spacial score (nSPS) is 25.3. The summed E-state index contributed by atoms with van der Waals surface area (Å²) in [6.07, 6.45) is 0.0857. The number of methoxy groups -OCH3 is 1. The molecule has 84 valence electrons. The Morgan fingerprint density at radius 1 is 1.57 bits per heavy atom. The van der Waals surface area contributed by atoms with E-state index in [1.807, 2.05) is 6.92 Å². The van der Waals surface area contributed by atoms with Gasteiger partial charge >= 0.3 is 6.03 Å². The first-order valence-electron chi connectivity index (χ1n) is 4.55. The summed E-state index contributed by atoms with van der Waals surface area (Å²) in [4.78, 5) is 11.2. The van der Waals surface area contributed by atoms with Crippen molar-refractivity contribution < 1.29 is 9.53 Å². The lowest BCUT2D eigenvalue weighted by Gasteiger charge is -2.18. The Labute approximate surface area is 90.4 Å². The number of urea groups is 1. The van der Waals surface area contributed by atoms with Crippen LogP contribution in [0.1, 0.15) is 6.92 Å². The standard InChI is InChI=1S/C8H17N3O2.ClH/c1-3-10-8(12)11-6-4-9-5-7(6)13-2;/h6-7,9H,3-5H2,1-2H3,(H2,10,11,12);1H/t6-,7-;/m1./s1. The van der Waals surface area contributed by atoms with Crippen LogP contribution in [0.25, 0.3) is 0 Å². The minimum absolute atomic E-state index is 0. The summed E-state index contributed by atoms with van der Waals surface area (Å²) in [5.41, 5.74) is 0. The lowest BCUT2D eigenvalue weighted by molar-refractivity contribution is 0.0984. The first kappa shape index (κ1) is 13.5. The second-order valence-electron chi connectivity index (χ2n) is 3.04. The van der Waals surface area contributed by atoms with Crippen molar-refractivity contribution in [3.8, 4) is 0 Å². The Kier molecular flexibility index (Phi) is 6.61. The van der Waals surface area contributed by atoms with Gasteiger partial charge in [-0.05, 0) is 6.92 Å². The number of hydrogen-bond acceptors (Lipinski definition) is 3. The van der Waals surface area contributed by atoms with Crippen LogP contribution in [0.2, 0.25) is 0 Å². The topological polar surface area (TPSA) is 62.4 Å². The molecule has 14 heavy (non-hydrogen) atoms. The van der Waals surface area contributed by atoms with Crippen molar-refractivity contribution in [1.82, 2.24) is 16.0 Å². The van der Waals surface area contributed by atoms with Crippen LogP contribution < -0.4 is 16.0 Å². The zero-order chi connectivity index (χ0) is 9.68. The molecule has 0 unspecified atom stereocenters. The highest BCUT2D eigenvalue weighted by Gasteiger charge is 2.27. The quantitative estimate of drug-likeness (QED) is 0.617. The highest BCUT2D eigenvalue weighted by Crippen LogP contribution is 2.02. The highest BCUT2D eigenvalue weighted by atomic mass is 35.5. The van der Waals surface area contributed by atoms with Crippen LogP contribution in [0.15, 0.2) is 0 Å². The van der Waals surface area contributed by atoms with Crippen LogP contribution >= 0.6 is 12.4 Å². The van der Waals surface area contributed by atoms with Crippen molar-refractivity contribution in [2.24, 2.45) is 0 Å². The highest BCUT2D eigenvalue weighted by molar-refractivity contribution is 5.85. The Bertz CT molecular complexity index is 180. The molecule has 0 aromatic carbocycles. The third-order valence-corrected chi connectivity index (χ3v) is 2.12. The van der Waals surface area contributed by atoms with Gasteiger partial charge in [0.2, 0.25) is 0 Å². The van der Waals surface area contributed by atoms with Gasteiger partial charge in [0, 0.05) is 26.7 Å². The van der Waals surface area contributed by atoms with E-state index in [-0.39, 0.29) is 30.6 Å². The molecule has 0 aromatic heterocycles. The van der Waals surface area contributed by atoms with Crippen molar-refractivity contribution in [3.63, 3.8) is 0 Å². The van der Waals surface area contributed by atoms with Crippen molar-refractivity contribution in [2.75, 3.05) is 26.7 Å². The second-order valence-corrected chi connectivity index (χ2v) is 3.04. The molecular formula is C8H18ClN3O2. The van der Waals surface area contributed by atoms with Gasteiger partial charge in [0.25, 0.3) is 0 Å². The van der Waals surface area contributed by atoms with E-state index >= 15 is 0 Å². The zero-order valence-corrected chi connectivity index (χ0v) is 9.32. The van der Waals surface area contributed by atoms with Crippen molar-refractivity contribution in [1.29, 1.82) is 0 Å². The third kappa shape index (κ3) is 3.69. The van der Waals surface area contributed by atoms with Gasteiger partial charge < -0.3 is 20.7 Å². The molecule has 0 aliphatic carbocycles. The molecule has 6 heteroatoms. The van der Waals surface area contributed by atoms with Gasteiger partial charge in [-0.15, -0.1) is 12.4 Å². The number of halogens is 1. The fourth-order valence-corrected chi connectivity index (χ4v) is 1.43. The Morgan fingerprint density at radius 3 is 2.86 bits per heavy atom. The average molecular weight is 224 g/mol. The number of nitrogens with one attached hydrogen (secondary N) is 3. The molecule has 1 saturated heterocycles. The molecule has 1 heterocycles. The van der Waals surface area contributed by atoms with Crippen LogP contribution in [0.5, 0.6) is 0 Å². The Morgan fingerprint density at radius 2 is 2.29 bits per heavy atom. The molecule has 1 aliphatic rings. The summed E-state index contributed by atoms with van der Waals surface area (Å²) < 4.78 is 5.20. The molecule has 1 aliphatic heterocycles. The molecule has 2 amide bonds. The largest absolute Gasteiger partial charge is 0.378 e. The lowest BCUT2D eigenvalue weighted by atomic mass is 10.2. The van der Waals surface area contributed by atoms with E-state index in [2.05, 4.69) is 16.0 Å². The maximum Gasteiger partial charge on any atom is 0.315 e. The third-order valence-electron chi connectivity index (χ3n) is 2.12. The van der Waals surface area contributed by atoms with Crippen LogP contribution in [0.3, 0.4) is 0 Å². The van der Waals surface area contributed by atoms with E-state index in [0.717, 1.165) is 13.1 Å². The predicted molar refractivity (Wildman–Crippen MR) is 56.9 cm³/mol. The zero-order valence-electron chi connectivity index (χ0n) is 8.50. The number of carbonyl (C=O) groups is 1. The molecule has 0 aromatic rings. The van der Waals surface area contributed by atoms with E-state index in [1.165, 1.54) is 0 Å². The SMILES string of the molecule is CCNC(=O)N[C@@H]1CNC[C@H]1OC.Cl. The number of rotatable bonds is 3. The fraction of sp³-hybridized carbons (Fsp3) is 0.875. The molecule has 0 saturated carbocycles. The first-order chi connectivity index (χ1) is 6.27. The number of ether oxygens (including phenoxy) is 1.